The lowest BCUT2D eigenvalue weighted by atomic mass is 9.92. The van der Waals surface area contributed by atoms with Crippen molar-refractivity contribution < 1.29 is 19.4 Å². The molecule has 7 nitrogen and oxygen atoms in total. The zero-order valence-corrected chi connectivity index (χ0v) is 23.0. The van der Waals surface area contributed by atoms with Gasteiger partial charge in [0.1, 0.15) is 11.6 Å². The first-order chi connectivity index (χ1) is 19.4. The summed E-state index contributed by atoms with van der Waals surface area (Å²) >= 11 is 5.80. The third-order valence-electron chi connectivity index (χ3n) is 6.54. The lowest BCUT2D eigenvalue weighted by Gasteiger charge is -2.21. The van der Waals surface area contributed by atoms with Crippen LogP contribution in [-0.2, 0) is 0 Å². The molecule has 0 saturated carbocycles. The van der Waals surface area contributed by atoms with Crippen LogP contribution in [0.1, 0.15) is 63.5 Å². The van der Waals surface area contributed by atoms with Gasteiger partial charge >= 0.3 is 5.97 Å². The number of halogens is 1. The smallest absolute Gasteiger partial charge is 0.336 e. The van der Waals surface area contributed by atoms with Crippen molar-refractivity contribution in [3.8, 4) is 5.75 Å². The largest absolute Gasteiger partial charge is 0.496 e. The number of hydrogen-bond donors (Lipinski definition) is 3. The van der Waals surface area contributed by atoms with E-state index in [2.05, 4.69) is 21.9 Å². The second kappa shape index (κ2) is 13.0. The summed E-state index contributed by atoms with van der Waals surface area (Å²) in [6.45, 7) is 6.22. The fourth-order valence-electron chi connectivity index (χ4n) is 4.60. The van der Waals surface area contributed by atoms with Crippen molar-refractivity contribution in [2.45, 2.75) is 25.8 Å². The van der Waals surface area contributed by atoms with E-state index in [0.29, 0.717) is 34.7 Å². The van der Waals surface area contributed by atoms with E-state index in [4.69, 9.17) is 16.3 Å². The molecule has 0 aliphatic carbocycles. The zero-order valence-electron chi connectivity index (χ0n) is 22.3. The highest BCUT2D eigenvalue weighted by molar-refractivity contribution is 6.25. The molecular weight excluding hydrogens is 526 g/mol. The number of fused-ring (bicyclic) bond motifs is 1. The van der Waals surface area contributed by atoms with Crippen molar-refractivity contribution in [1.82, 2.24) is 15.3 Å². The van der Waals surface area contributed by atoms with Gasteiger partial charge in [-0.05, 0) is 54.0 Å². The van der Waals surface area contributed by atoms with Gasteiger partial charge in [-0.3, -0.25) is 4.79 Å². The molecule has 0 aliphatic heterocycles. The standard InChI is InChI=1S/C32H30ClN3O4/c1-4-10-26(24-11-5-8-15-29(24)40-3)36-31(37)21-16-17-22(25(19-21)32(38)39)20(2)23(12-9-18-33)30-34-27-13-6-7-14-28(27)35-30/h5-9,11-19,26H,2,4,10H2,1,3H3,(H,34,35)(H,36,37)(H,38,39)/b18-9-,23-12+. The number of carboxylic acid groups (broad SMARTS) is 1. The molecule has 3 aromatic carbocycles. The number of ether oxygens (including phenoxy) is 1. The molecule has 0 aliphatic rings. The van der Waals surface area contributed by atoms with Crippen LogP contribution in [0.15, 0.2) is 91.0 Å². The van der Waals surface area contributed by atoms with Gasteiger partial charge in [-0.1, -0.05) is 74.0 Å². The molecule has 0 radical (unpaired) electrons. The molecule has 204 valence electrons. The van der Waals surface area contributed by atoms with E-state index < -0.39 is 5.97 Å². The number of carbonyl (C=O) groups excluding carboxylic acids is 1. The summed E-state index contributed by atoms with van der Waals surface area (Å²) in [4.78, 5) is 33.6. The number of aromatic amines is 1. The molecule has 0 bridgehead atoms. The van der Waals surface area contributed by atoms with Gasteiger partial charge in [-0.2, -0.15) is 0 Å². The zero-order chi connectivity index (χ0) is 28.6. The molecule has 1 amide bonds. The van der Waals surface area contributed by atoms with Crippen LogP contribution in [0.5, 0.6) is 5.75 Å². The van der Waals surface area contributed by atoms with Gasteiger partial charge in [0.25, 0.3) is 5.91 Å². The number of nitrogens with zero attached hydrogens (tertiary/aromatic N) is 1. The number of carbonyl (C=O) groups is 2. The number of imidazole rings is 1. The number of benzene rings is 3. The van der Waals surface area contributed by atoms with E-state index in [1.807, 2.05) is 55.5 Å². The Labute approximate surface area is 237 Å². The summed E-state index contributed by atoms with van der Waals surface area (Å²) in [5, 5.41) is 13.2. The quantitative estimate of drug-likeness (QED) is 0.167. The number of aromatic carboxylic acids is 1. The van der Waals surface area contributed by atoms with Gasteiger partial charge < -0.3 is 20.1 Å². The Hall–Kier alpha value is -4.62. The summed E-state index contributed by atoms with van der Waals surface area (Å²) < 4.78 is 5.49. The third kappa shape index (κ3) is 6.16. The highest BCUT2D eigenvalue weighted by Gasteiger charge is 2.22. The van der Waals surface area contributed by atoms with Crippen molar-refractivity contribution in [2.75, 3.05) is 7.11 Å². The summed E-state index contributed by atoms with van der Waals surface area (Å²) in [7, 11) is 1.59. The maximum atomic E-state index is 13.3. The number of para-hydroxylation sites is 3. The first-order valence-corrected chi connectivity index (χ1v) is 13.2. The molecule has 1 atom stereocenters. The molecule has 8 heteroatoms. The minimum absolute atomic E-state index is 0.0566. The predicted octanol–water partition coefficient (Wildman–Crippen LogP) is 7.39. The minimum atomic E-state index is -1.18. The molecule has 1 heterocycles. The van der Waals surface area contributed by atoms with E-state index >= 15 is 0 Å². The normalized spacial score (nSPS) is 12.4. The predicted molar refractivity (Wildman–Crippen MR) is 160 cm³/mol. The van der Waals surface area contributed by atoms with Crippen molar-refractivity contribution >= 4 is 45.7 Å². The lowest BCUT2D eigenvalue weighted by Crippen LogP contribution is -2.29. The molecular formula is C32H30ClN3O4. The van der Waals surface area contributed by atoms with Crippen molar-refractivity contribution in [2.24, 2.45) is 0 Å². The Kier molecular flexibility index (Phi) is 9.19. The Morgan fingerprint density at radius 2 is 1.88 bits per heavy atom. The Balaban J connectivity index is 1.69. The number of nitrogens with one attached hydrogen (secondary N) is 2. The van der Waals surface area contributed by atoms with E-state index in [0.717, 1.165) is 23.0 Å². The van der Waals surface area contributed by atoms with Crippen LogP contribution in [0.4, 0.5) is 0 Å². The van der Waals surface area contributed by atoms with E-state index in [-0.39, 0.29) is 23.1 Å². The number of carboxylic acids is 1. The molecule has 0 spiro atoms. The Morgan fingerprint density at radius 1 is 1.12 bits per heavy atom. The number of H-pyrrole nitrogens is 1. The van der Waals surface area contributed by atoms with Crippen LogP contribution in [0.25, 0.3) is 22.2 Å². The van der Waals surface area contributed by atoms with Crippen molar-refractivity contribution in [1.29, 1.82) is 0 Å². The van der Waals surface area contributed by atoms with E-state index in [1.54, 1.807) is 31.4 Å². The average Bonchev–Trinajstić information content (AvgIpc) is 3.40. The summed E-state index contributed by atoms with van der Waals surface area (Å²) in [5.41, 5.74) is 5.28. The van der Waals surface area contributed by atoms with Crippen LogP contribution in [0, 0.1) is 0 Å². The molecule has 0 fully saturated rings. The Bertz CT molecular complexity index is 1590. The third-order valence-corrected chi connectivity index (χ3v) is 6.69. The molecule has 0 saturated heterocycles. The highest BCUT2D eigenvalue weighted by atomic mass is 35.5. The maximum Gasteiger partial charge on any atom is 0.336 e. The summed E-state index contributed by atoms with van der Waals surface area (Å²) in [6.07, 6.45) is 4.84. The molecule has 1 unspecified atom stereocenters. The van der Waals surface area contributed by atoms with Gasteiger partial charge in [0, 0.05) is 22.2 Å². The fraction of sp³-hybridized carbons (Fsp3) is 0.156. The van der Waals surface area contributed by atoms with Crippen molar-refractivity contribution in [3.63, 3.8) is 0 Å². The molecule has 3 N–H and O–H groups in total. The molecule has 4 rings (SSSR count). The highest BCUT2D eigenvalue weighted by Crippen LogP contribution is 2.33. The summed E-state index contributed by atoms with van der Waals surface area (Å²) in [5.74, 6) is -0.381. The second-order valence-corrected chi connectivity index (χ2v) is 9.35. The van der Waals surface area contributed by atoms with Crippen LogP contribution < -0.4 is 10.1 Å². The van der Waals surface area contributed by atoms with Gasteiger partial charge in [0.15, 0.2) is 0 Å². The summed E-state index contributed by atoms with van der Waals surface area (Å²) in [6, 6.07) is 19.3. The van der Waals surface area contributed by atoms with E-state index in [1.165, 1.54) is 11.6 Å². The monoisotopic (exact) mass is 555 g/mol. The van der Waals surface area contributed by atoms with Gasteiger partial charge in [-0.15, -0.1) is 0 Å². The fourth-order valence-corrected chi connectivity index (χ4v) is 4.67. The van der Waals surface area contributed by atoms with Gasteiger partial charge in [-0.25, -0.2) is 9.78 Å². The van der Waals surface area contributed by atoms with Crippen LogP contribution >= 0.6 is 11.6 Å². The van der Waals surface area contributed by atoms with Gasteiger partial charge in [0.2, 0.25) is 0 Å². The second-order valence-electron chi connectivity index (χ2n) is 9.10. The van der Waals surface area contributed by atoms with Crippen LogP contribution in [0.3, 0.4) is 0 Å². The molecule has 1 aromatic heterocycles. The lowest BCUT2D eigenvalue weighted by molar-refractivity contribution is 0.0696. The van der Waals surface area contributed by atoms with Crippen molar-refractivity contribution in [3.05, 3.63) is 119 Å². The topological polar surface area (TPSA) is 104 Å². The number of methoxy groups -OCH3 is 1. The number of allylic oxidation sites excluding steroid dienone is 4. The minimum Gasteiger partial charge on any atom is -0.496 e. The first kappa shape index (κ1) is 28.4. The number of aromatic nitrogens is 2. The SMILES string of the molecule is C=C(/C(=C\C=C/Cl)c1nc2ccccc2[nH]1)c1ccc(C(=O)NC(CCC)c2ccccc2OC)cc1C(=O)O. The van der Waals surface area contributed by atoms with Crippen LogP contribution in [0.2, 0.25) is 0 Å². The first-order valence-electron chi connectivity index (χ1n) is 12.8. The molecule has 4 aromatic rings. The van der Waals surface area contributed by atoms with Gasteiger partial charge in [0.05, 0.1) is 29.7 Å². The van der Waals surface area contributed by atoms with Crippen LogP contribution in [-0.4, -0.2) is 34.1 Å². The Morgan fingerprint density at radius 3 is 2.58 bits per heavy atom. The number of amides is 1. The average molecular weight is 556 g/mol. The number of rotatable bonds is 11. The maximum absolute atomic E-state index is 13.3. The molecule has 40 heavy (non-hydrogen) atoms. The van der Waals surface area contributed by atoms with E-state index in [9.17, 15) is 14.7 Å². The number of hydrogen-bond acceptors (Lipinski definition) is 4.